The molecule has 6 heteroatoms. The third kappa shape index (κ3) is 3.71. The minimum Gasteiger partial charge on any atom is -0.353 e. The van der Waals surface area contributed by atoms with Crippen molar-refractivity contribution in [3.05, 3.63) is 16.4 Å². The average Bonchev–Trinajstić information content (AvgIpc) is 2.49. The molecular formula is C12H21ClN4O. The molecule has 1 unspecified atom stereocenters. The van der Waals surface area contributed by atoms with Gasteiger partial charge in [-0.05, 0) is 27.7 Å². The number of rotatable bonds is 5. The van der Waals surface area contributed by atoms with Gasteiger partial charge in [0.25, 0.3) is 0 Å². The van der Waals surface area contributed by atoms with E-state index in [2.05, 4.69) is 15.7 Å². The van der Waals surface area contributed by atoms with E-state index < -0.39 is 0 Å². The number of nitrogens with one attached hydrogen (secondary N) is 2. The molecule has 0 spiro atoms. The minimum atomic E-state index is -0.265. The van der Waals surface area contributed by atoms with Crippen LogP contribution in [-0.2, 0) is 18.4 Å². The van der Waals surface area contributed by atoms with Gasteiger partial charge in [0.15, 0.2) is 0 Å². The number of nitrogens with zero attached hydrogens (tertiary/aromatic N) is 2. The summed E-state index contributed by atoms with van der Waals surface area (Å²) in [5.74, 6) is -0.0139. The number of carbonyl (C=O) groups is 1. The highest BCUT2D eigenvalue weighted by Gasteiger charge is 2.16. The zero-order chi connectivity index (χ0) is 13.9. The molecule has 1 aromatic heterocycles. The number of amides is 1. The molecule has 1 heterocycles. The van der Waals surface area contributed by atoms with Gasteiger partial charge in [-0.25, -0.2) is 0 Å². The van der Waals surface area contributed by atoms with Gasteiger partial charge in [-0.1, -0.05) is 11.6 Å². The van der Waals surface area contributed by atoms with Gasteiger partial charge in [-0.15, -0.1) is 0 Å². The van der Waals surface area contributed by atoms with Gasteiger partial charge in [-0.3, -0.25) is 9.48 Å². The first-order valence-corrected chi connectivity index (χ1v) is 6.42. The first-order chi connectivity index (χ1) is 8.32. The molecule has 1 aromatic rings. The number of aryl methyl sites for hydroxylation is 2. The smallest absolute Gasteiger partial charge is 0.237 e. The molecule has 1 amide bonds. The highest BCUT2D eigenvalue weighted by atomic mass is 35.5. The Morgan fingerprint density at radius 2 is 2.06 bits per heavy atom. The van der Waals surface area contributed by atoms with Crippen molar-refractivity contribution in [2.75, 3.05) is 0 Å². The van der Waals surface area contributed by atoms with Crippen molar-refractivity contribution < 1.29 is 4.79 Å². The Kier molecular flexibility index (Phi) is 5.16. The van der Waals surface area contributed by atoms with Gasteiger partial charge in [0.2, 0.25) is 5.91 Å². The lowest BCUT2D eigenvalue weighted by Crippen LogP contribution is -2.44. The molecule has 102 valence electrons. The van der Waals surface area contributed by atoms with Crippen LogP contribution in [0.4, 0.5) is 0 Å². The Labute approximate surface area is 113 Å². The van der Waals surface area contributed by atoms with Crippen LogP contribution in [0.1, 0.15) is 32.2 Å². The molecule has 0 bridgehead atoms. The topological polar surface area (TPSA) is 59.0 Å². The van der Waals surface area contributed by atoms with Gasteiger partial charge in [0.05, 0.1) is 22.5 Å². The largest absolute Gasteiger partial charge is 0.353 e. The molecule has 0 aliphatic carbocycles. The van der Waals surface area contributed by atoms with E-state index in [1.807, 2.05) is 34.7 Å². The molecule has 0 saturated heterocycles. The molecule has 0 aromatic carbocycles. The van der Waals surface area contributed by atoms with E-state index in [1.165, 1.54) is 0 Å². The predicted octanol–water partition coefficient (Wildman–Crippen LogP) is 1.38. The molecule has 5 nitrogen and oxygen atoms in total. The summed E-state index contributed by atoms with van der Waals surface area (Å²) in [6, 6.07) is -0.122. The fraction of sp³-hybridized carbons (Fsp3) is 0.667. The summed E-state index contributed by atoms with van der Waals surface area (Å²) in [7, 11) is 1.84. The van der Waals surface area contributed by atoms with Gasteiger partial charge >= 0.3 is 0 Å². The van der Waals surface area contributed by atoms with E-state index in [0.717, 1.165) is 11.4 Å². The minimum absolute atomic E-state index is 0.0139. The third-order valence-electron chi connectivity index (χ3n) is 2.66. The fourth-order valence-electron chi connectivity index (χ4n) is 1.62. The van der Waals surface area contributed by atoms with Gasteiger partial charge in [-0.2, -0.15) is 5.10 Å². The van der Waals surface area contributed by atoms with Crippen LogP contribution >= 0.6 is 11.6 Å². The lowest BCUT2D eigenvalue weighted by molar-refractivity contribution is -0.123. The molecule has 0 fully saturated rings. The summed E-state index contributed by atoms with van der Waals surface area (Å²) in [6.45, 7) is 8.08. The van der Waals surface area contributed by atoms with Crippen molar-refractivity contribution in [2.24, 2.45) is 7.05 Å². The van der Waals surface area contributed by atoms with Crippen LogP contribution in [-0.4, -0.2) is 27.8 Å². The summed E-state index contributed by atoms with van der Waals surface area (Å²) < 4.78 is 1.73. The zero-order valence-corrected chi connectivity index (χ0v) is 12.3. The lowest BCUT2D eigenvalue weighted by atomic mass is 10.2. The Balaban J connectivity index is 2.57. The van der Waals surface area contributed by atoms with Crippen LogP contribution < -0.4 is 10.6 Å². The maximum absolute atomic E-state index is 11.7. The number of hydrogen-bond acceptors (Lipinski definition) is 3. The van der Waals surface area contributed by atoms with Gasteiger partial charge in [0.1, 0.15) is 0 Å². The Morgan fingerprint density at radius 1 is 1.44 bits per heavy atom. The number of halogens is 1. The van der Waals surface area contributed by atoms with E-state index in [1.54, 1.807) is 4.68 Å². The maximum atomic E-state index is 11.7. The molecular weight excluding hydrogens is 252 g/mol. The second-order valence-electron chi connectivity index (χ2n) is 4.74. The molecule has 1 atom stereocenters. The second-order valence-corrected chi connectivity index (χ2v) is 5.11. The van der Waals surface area contributed by atoms with Gasteiger partial charge < -0.3 is 10.6 Å². The monoisotopic (exact) mass is 272 g/mol. The Morgan fingerprint density at radius 3 is 2.50 bits per heavy atom. The molecule has 0 radical (unpaired) electrons. The van der Waals surface area contributed by atoms with Crippen molar-refractivity contribution in [1.82, 2.24) is 20.4 Å². The van der Waals surface area contributed by atoms with E-state index >= 15 is 0 Å². The zero-order valence-electron chi connectivity index (χ0n) is 11.5. The summed E-state index contributed by atoms with van der Waals surface area (Å²) in [5, 5.41) is 10.9. The average molecular weight is 273 g/mol. The normalized spacial score (nSPS) is 12.8. The Bertz CT molecular complexity index is 428. The summed E-state index contributed by atoms with van der Waals surface area (Å²) in [4.78, 5) is 11.7. The van der Waals surface area contributed by atoms with Crippen LogP contribution in [0.2, 0.25) is 5.02 Å². The van der Waals surface area contributed by atoms with Crippen molar-refractivity contribution in [2.45, 2.75) is 46.3 Å². The molecule has 0 saturated carbocycles. The van der Waals surface area contributed by atoms with E-state index in [0.29, 0.717) is 11.6 Å². The maximum Gasteiger partial charge on any atom is 0.237 e. The lowest BCUT2D eigenvalue weighted by Gasteiger charge is -2.16. The first kappa shape index (κ1) is 15.0. The molecule has 0 aliphatic heterocycles. The summed E-state index contributed by atoms with van der Waals surface area (Å²) >= 11 is 6.14. The molecule has 1 rings (SSSR count). The quantitative estimate of drug-likeness (QED) is 0.852. The second kappa shape index (κ2) is 6.20. The van der Waals surface area contributed by atoms with Crippen LogP contribution in [0.3, 0.4) is 0 Å². The number of hydrogen-bond donors (Lipinski definition) is 2. The highest BCUT2D eigenvalue weighted by Crippen LogP contribution is 2.18. The first-order valence-electron chi connectivity index (χ1n) is 6.04. The molecule has 18 heavy (non-hydrogen) atoms. The van der Waals surface area contributed by atoms with E-state index in [4.69, 9.17) is 11.6 Å². The van der Waals surface area contributed by atoms with Crippen molar-refractivity contribution in [1.29, 1.82) is 0 Å². The molecule has 2 N–H and O–H groups in total. The SMILES string of the molecule is Cc1nn(C)c(CNC(C)C(=O)NC(C)C)c1Cl. The Hall–Kier alpha value is -1.07. The van der Waals surface area contributed by atoms with E-state index in [9.17, 15) is 4.79 Å². The van der Waals surface area contributed by atoms with Crippen LogP contribution in [0.15, 0.2) is 0 Å². The van der Waals surface area contributed by atoms with Crippen LogP contribution in [0.25, 0.3) is 0 Å². The summed E-state index contributed by atoms with van der Waals surface area (Å²) in [6.07, 6.45) is 0. The highest BCUT2D eigenvalue weighted by molar-refractivity contribution is 6.31. The van der Waals surface area contributed by atoms with Crippen molar-refractivity contribution in [3.63, 3.8) is 0 Å². The molecule has 0 aliphatic rings. The number of aromatic nitrogens is 2. The summed E-state index contributed by atoms with van der Waals surface area (Å²) in [5.41, 5.74) is 1.69. The van der Waals surface area contributed by atoms with Crippen LogP contribution in [0.5, 0.6) is 0 Å². The standard InChI is InChI=1S/C12H21ClN4O/c1-7(2)15-12(18)9(4)14-6-10-11(13)8(3)16-17(10)5/h7,9,14H,6H2,1-5H3,(H,15,18). The third-order valence-corrected chi connectivity index (χ3v) is 3.15. The van der Waals surface area contributed by atoms with Crippen molar-refractivity contribution >= 4 is 17.5 Å². The van der Waals surface area contributed by atoms with Gasteiger partial charge in [0, 0.05) is 19.6 Å². The van der Waals surface area contributed by atoms with E-state index in [-0.39, 0.29) is 18.0 Å². The van der Waals surface area contributed by atoms with Crippen molar-refractivity contribution in [3.8, 4) is 0 Å². The predicted molar refractivity (Wildman–Crippen MR) is 72.5 cm³/mol. The number of carbonyl (C=O) groups excluding carboxylic acids is 1. The van der Waals surface area contributed by atoms with Crippen LogP contribution in [0, 0.1) is 6.92 Å². The fourth-order valence-corrected chi connectivity index (χ4v) is 1.85.